The van der Waals surface area contributed by atoms with Crippen molar-refractivity contribution in [2.75, 3.05) is 5.73 Å². The molecule has 0 amide bonds. The molecule has 0 atom stereocenters. The summed E-state index contributed by atoms with van der Waals surface area (Å²) in [5.41, 5.74) is 10.2. The van der Waals surface area contributed by atoms with E-state index in [0.717, 1.165) is 16.7 Å². The van der Waals surface area contributed by atoms with E-state index >= 15 is 0 Å². The van der Waals surface area contributed by atoms with Crippen LogP contribution < -0.4 is 5.73 Å². The van der Waals surface area contributed by atoms with Crippen LogP contribution in [0.25, 0.3) is 11.3 Å². The fraction of sp³-hybridized carbons (Fsp3) is 0.214. The average molecular weight is 257 g/mol. The van der Waals surface area contributed by atoms with Gasteiger partial charge in [0.05, 0.1) is 5.69 Å². The number of aryl methyl sites for hydroxylation is 3. The zero-order valence-corrected chi connectivity index (χ0v) is 11.1. The van der Waals surface area contributed by atoms with E-state index in [0.29, 0.717) is 5.69 Å². The Balaban J connectivity index is 2.65. The fourth-order valence-electron chi connectivity index (χ4n) is 1.95. The molecule has 98 valence electrons. The molecule has 5 nitrogen and oxygen atoms in total. The molecule has 0 bridgehead atoms. The molecule has 1 heterocycles. The Kier molecular flexibility index (Phi) is 3.21. The van der Waals surface area contributed by atoms with Crippen LogP contribution in [0.15, 0.2) is 18.2 Å². The Morgan fingerprint density at radius 3 is 2.32 bits per heavy atom. The fourth-order valence-corrected chi connectivity index (χ4v) is 1.95. The first-order valence-corrected chi connectivity index (χ1v) is 5.84. The van der Waals surface area contributed by atoms with Crippen LogP contribution in [0.2, 0.25) is 0 Å². The molecule has 0 saturated heterocycles. The Morgan fingerprint density at radius 2 is 1.68 bits per heavy atom. The van der Waals surface area contributed by atoms with E-state index in [1.165, 1.54) is 11.6 Å². The number of anilines is 1. The molecule has 0 fully saturated rings. The van der Waals surface area contributed by atoms with Crippen LogP contribution >= 0.6 is 0 Å². The first-order valence-electron chi connectivity index (χ1n) is 5.84. The Labute approximate surface area is 111 Å². The minimum Gasteiger partial charge on any atom is -0.477 e. The van der Waals surface area contributed by atoms with E-state index in [9.17, 15) is 4.79 Å². The highest BCUT2D eigenvalue weighted by molar-refractivity contribution is 5.87. The minimum atomic E-state index is -1.11. The molecule has 0 radical (unpaired) electrons. The average Bonchev–Trinajstić information content (AvgIpc) is 2.33. The van der Waals surface area contributed by atoms with Crippen molar-refractivity contribution in [3.63, 3.8) is 0 Å². The van der Waals surface area contributed by atoms with Crippen molar-refractivity contribution >= 4 is 11.9 Å². The van der Waals surface area contributed by atoms with Gasteiger partial charge >= 0.3 is 5.97 Å². The molecule has 0 unspecified atom stereocenters. The molecule has 0 aliphatic rings. The van der Waals surface area contributed by atoms with Crippen LogP contribution in [0.5, 0.6) is 0 Å². The lowest BCUT2D eigenvalue weighted by Gasteiger charge is -2.10. The maximum Gasteiger partial charge on any atom is 0.354 e. The molecule has 5 heteroatoms. The van der Waals surface area contributed by atoms with Crippen molar-refractivity contribution < 1.29 is 9.90 Å². The molecule has 2 aromatic rings. The van der Waals surface area contributed by atoms with Crippen molar-refractivity contribution in [3.8, 4) is 11.3 Å². The molecule has 19 heavy (non-hydrogen) atoms. The summed E-state index contributed by atoms with van der Waals surface area (Å²) in [4.78, 5) is 18.8. The van der Waals surface area contributed by atoms with Crippen molar-refractivity contribution in [2.24, 2.45) is 0 Å². The predicted octanol–water partition coefficient (Wildman–Crippen LogP) is 2.35. The van der Waals surface area contributed by atoms with Crippen LogP contribution in [0.1, 0.15) is 27.2 Å². The number of carboxylic acid groups (broad SMARTS) is 1. The van der Waals surface area contributed by atoms with E-state index in [2.05, 4.69) is 9.97 Å². The van der Waals surface area contributed by atoms with Crippen LogP contribution in [0.3, 0.4) is 0 Å². The van der Waals surface area contributed by atoms with Gasteiger partial charge in [0.25, 0.3) is 0 Å². The number of carbonyl (C=O) groups is 1. The maximum atomic E-state index is 11.0. The van der Waals surface area contributed by atoms with Crippen LogP contribution in [-0.2, 0) is 0 Å². The molecule has 1 aromatic heterocycles. The largest absolute Gasteiger partial charge is 0.477 e. The van der Waals surface area contributed by atoms with Gasteiger partial charge in [-0.3, -0.25) is 0 Å². The highest BCUT2D eigenvalue weighted by atomic mass is 16.4. The molecule has 3 N–H and O–H groups in total. The number of nitrogens with zero attached hydrogens (tertiary/aromatic N) is 2. The number of carboxylic acids is 1. The zero-order chi connectivity index (χ0) is 14.2. The zero-order valence-electron chi connectivity index (χ0n) is 11.1. The smallest absolute Gasteiger partial charge is 0.354 e. The second kappa shape index (κ2) is 4.68. The highest BCUT2D eigenvalue weighted by Gasteiger charge is 2.12. The molecular formula is C14H15N3O2. The van der Waals surface area contributed by atoms with Gasteiger partial charge in [-0.2, -0.15) is 0 Å². The number of benzene rings is 1. The first kappa shape index (κ1) is 13.0. The van der Waals surface area contributed by atoms with Gasteiger partial charge in [0.15, 0.2) is 5.69 Å². The predicted molar refractivity (Wildman–Crippen MR) is 73.1 cm³/mol. The van der Waals surface area contributed by atoms with Crippen LogP contribution in [-0.4, -0.2) is 21.0 Å². The molecular weight excluding hydrogens is 242 g/mol. The first-order chi connectivity index (χ1) is 8.88. The number of nitrogens with two attached hydrogens (primary N) is 1. The number of aromatic nitrogens is 2. The van der Waals surface area contributed by atoms with Gasteiger partial charge in [-0.25, -0.2) is 14.8 Å². The molecule has 0 spiro atoms. The summed E-state index contributed by atoms with van der Waals surface area (Å²) in [6, 6.07) is 5.47. The van der Waals surface area contributed by atoms with Gasteiger partial charge in [-0.05, 0) is 49.6 Å². The van der Waals surface area contributed by atoms with Crippen molar-refractivity contribution in [2.45, 2.75) is 20.8 Å². The van der Waals surface area contributed by atoms with Crippen molar-refractivity contribution in [1.29, 1.82) is 0 Å². The number of rotatable bonds is 2. The van der Waals surface area contributed by atoms with Gasteiger partial charge < -0.3 is 10.8 Å². The molecule has 1 aromatic carbocycles. The summed E-state index contributed by atoms with van der Waals surface area (Å²) >= 11 is 0. The quantitative estimate of drug-likeness (QED) is 0.862. The lowest BCUT2D eigenvalue weighted by atomic mass is 9.98. The monoisotopic (exact) mass is 257 g/mol. The lowest BCUT2D eigenvalue weighted by Crippen LogP contribution is -2.06. The van der Waals surface area contributed by atoms with E-state index in [4.69, 9.17) is 10.8 Å². The van der Waals surface area contributed by atoms with E-state index in [1.54, 1.807) is 0 Å². The van der Waals surface area contributed by atoms with E-state index in [1.807, 2.05) is 32.9 Å². The summed E-state index contributed by atoms with van der Waals surface area (Å²) in [6.45, 7) is 5.99. The lowest BCUT2D eigenvalue weighted by molar-refractivity contribution is 0.0690. The van der Waals surface area contributed by atoms with Gasteiger partial charge in [0, 0.05) is 5.56 Å². The SMILES string of the molecule is Cc1cc(C)c(-c2cc(C(=O)O)nc(N)n2)cc1C. The third-order valence-corrected chi connectivity index (χ3v) is 3.08. The minimum absolute atomic E-state index is 0.0347. The second-order valence-electron chi connectivity index (χ2n) is 4.55. The van der Waals surface area contributed by atoms with E-state index in [-0.39, 0.29) is 11.6 Å². The number of hydrogen-bond donors (Lipinski definition) is 2. The highest BCUT2D eigenvalue weighted by Crippen LogP contribution is 2.25. The summed E-state index contributed by atoms with van der Waals surface area (Å²) < 4.78 is 0. The van der Waals surface area contributed by atoms with Crippen molar-refractivity contribution in [3.05, 3.63) is 40.6 Å². The Bertz CT molecular complexity index is 666. The summed E-state index contributed by atoms with van der Waals surface area (Å²) in [6.07, 6.45) is 0. The van der Waals surface area contributed by atoms with Gasteiger partial charge in [0.2, 0.25) is 5.95 Å². The van der Waals surface area contributed by atoms with Gasteiger partial charge in [0.1, 0.15) is 0 Å². The topological polar surface area (TPSA) is 89.1 Å². The summed E-state index contributed by atoms with van der Waals surface area (Å²) in [7, 11) is 0. The van der Waals surface area contributed by atoms with Gasteiger partial charge in [-0.1, -0.05) is 6.07 Å². The normalized spacial score (nSPS) is 10.5. The number of aromatic carboxylic acids is 1. The van der Waals surface area contributed by atoms with E-state index < -0.39 is 5.97 Å². The summed E-state index contributed by atoms with van der Waals surface area (Å²) in [5, 5.41) is 9.00. The molecule has 2 rings (SSSR count). The molecule has 0 aliphatic heterocycles. The standard InChI is InChI=1S/C14H15N3O2/c1-7-4-9(3)10(5-8(7)2)11-6-12(13(18)19)17-14(15)16-11/h4-6H,1-3H3,(H,18,19)(H2,15,16,17). The number of nitrogen functional groups attached to an aromatic ring is 1. The third kappa shape index (κ3) is 2.54. The maximum absolute atomic E-state index is 11.0. The second-order valence-corrected chi connectivity index (χ2v) is 4.55. The van der Waals surface area contributed by atoms with Gasteiger partial charge in [-0.15, -0.1) is 0 Å². The molecule has 0 saturated carbocycles. The Morgan fingerprint density at radius 1 is 1.05 bits per heavy atom. The van der Waals surface area contributed by atoms with Crippen molar-refractivity contribution in [1.82, 2.24) is 9.97 Å². The third-order valence-electron chi connectivity index (χ3n) is 3.08. The van der Waals surface area contributed by atoms with Crippen LogP contribution in [0.4, 0.5) is 5.95 Å². The van der Waals surface area contributed by atoms with Crippen LogP contribution in [0, 0.1) is 20.8 Å². The Hall–Kier alpha value is -2.43. The molecule has 0 aliphatic carbocycles. The number of hydrogen-bond acceptors (Lipinski definition) is 4. The summed E-state index contributed by atoms with van der Waals surface area (Å²) in [5.74, 6) is -1.15.